The minimum atomic E-state index is -4.74. The van der Waals surface area contributed by atoms with Gasteiger partial charge in [-0.2, -0.15) is 13.2 Å². The molecule has 118 valence electrons. The molecule has 2 amide bonds. The minimum Gasteiger partial charge on any atom is -0.497 e. The second-order valence-corrected chi connectivity index (χ2v) is 4.87. The molecule has 1 heterocycles. The van der Waals surface area contributed by atoms with Crippen LogP contribution in [-0.2, 0) is 6.18 Å². The molecule has 0 aliphatic carbocycles. The predicted octanol–water partition coefficient (Wildman–Crippen LogP) is 3.51. The number of hydrogen-bond acceptors (Lipinski definition) is 3. The SMILES string of the molecule is COc1ccc(N2C(=O)c3ccccc3C2=O)c(C(F)(F)F)c1. The molecule has 0 saturated heterocycles. The number of hydrogen-bond donors (Lipinski definition) is 0. The van der Waals surface area contributed by atoms with Gasteiger partial charge in [0, 0.05) is 0 Å². The number of anilines is 1. The zero-order valence-electron chi connectivity index (χ0n) is 11.8. The number of halogens is 3. The van der Waals surface area contributed by atoms with Gasteiger partial charge >= 0.3 is 6.18 Å². The predicted molar refractivity (Wildman–Crippen MR) is 75.6 cm³/mol. The molecular weight excluding hydrogens is 311 g/mol. The van der Waals surface area contributed by atoms with Crippen molar-refractivity contribution in [3.8, 4) is 5.75 Å². The van der Waals surface area contributed by atoms with Crippen LogP contribution in [-0.4, -0.2) is 18.9 Å². The molecule has 2 aromatic carbocycles. The molecule has 2 aromatic rings. The molecule has 0 unspecified atom stereocenters. The van der Waals surface area contributed by atoms with Gasteiger partial charge in [-0.15, -0.1) is 0 Å². The smallest absolute Gasteiger partial charge is 0.418 e. The molecule has 1 aliphatic heterocycles. The number of fused-ring (bicyclic) bond motifs is 1. The van der Waals surface area contributed by atoms with E-state index >= 15 is 0 Å². The lowest BCUT2D eigenvalue weighted by Crippen LogP contribution is -2.31. The third-order valence-corrected chi connectivity index (χ3v) is 3.54. The highest BCUT2D eigenvalue weighted by Crippen LogP contribution is 2.41. The number of carbonyl (C=O) groups is 2. The highest BCUT2D eigenvalue weighted by Gasteiger charge is 2.42. The standard InChI is InChI=1S/C16H10F3NO3/c1-23-9-6-7-13(12(8-9)16(17,18)19)20-14(21)10-4-2-3-5-11(10)15(20)22/h2-8H,1H3. The van der Waals surface area contributed by atoms with Crippen LogP contribution >= 0.6 is 0 Å². The van der Waals surface area contributed by atoms with Crippen molar-refractivity contribution in [2.24, 2.45) is 0 Å². The van der Waals surface area contributed by atoms with Crippen LogP contribution in [0, 0.1) is 0 Å². The van der Waals surface area contributed by atoms with E-state index in [4.69, 9.17) is 4.74 Å². The molecule has 3 rings (SSSR count). The Kier molecular flexibility index (Phi) is 3.35. The number of alkyl halides is 3. The van der Waals surface area contributed by atoms with Crippen molar-refractivity contribution >= 4 is 17.5 Å². The maximum absolute atomic E-state index is 13.3. The Balaban J connectivity index is 2.17. The van der Waals surface area contributed by atoms with Crippen molar-refractivity contribution in [3.63, 3.8) is 0 Å². The van der Waals surface area contributed by atoms with Crippen LogP contribution in [0.15, 0.2) is 42.5 Å². The Morgan fingerprint density at radius 2 is 1.52 bits per heavy atom. The molecule has 0 saturated carbocycles. The molecule has 0 atom stereocenters. The molecular formula is C16H10F3NO3. The largest absolute Gasteiger partial charge is 0.497 e. The van der Waals surface area contributed by atoms with Gasteiger partial charge < -0.3 is 4.74 Å². The fourth-order valence-electron chi connectivity index (χ4n) is 2.47. The fraction of sp³-hybridized carbons (Fsp3) is 0.125. The Hall–Kier alpha value is -2.83. The number of carbonyl (C=O) groups excluding carboxylic acids is 2. The number of benzene rings is 2. The van der Waals surface area contributed by atoms with Crippen molar-refractivity contribution in [3.05, 3.63) is 59.2 Å². The highest BCUT2D eigenvalue weighted by atomic mass is 19.4. The summed E-state index contributed by atoms with van der Waals surface area (Å²) in [6.45, 7) is 0. The van der Waals surface area contributed by atoms with Crippen molar-refractivity contribution in [1.29, 1.82) is 0 Å². The van der Waals surface area contributed by atoms with E-state index in [0.717, 1.165) is 12.1 Å². The van der Waals surface area contributed by atoms with Crippen LogP contribution in [0.2, 0.25) is 0 Å². The summed E-state index contributed by atoms with van der Waals surface area (Å²) in [5, 5.41) is 0. The van der Waals surface area contributed by atoms with Crippen LogP contribution in [0.5, 0.6) is 5.75 Å². The third-order valence-electron chi connectivity index (χ3n) is 3.54. The van der Waals surface area contributed by atoms with Gasteiger partial charge in [0.2, 0.25) is 0 Å². The Labute approximate surface area is 129 Å². The maximum Gasteiger partial charge on any atom is 0.418 e. The molecule has 1 aliphatic rings. The number of ether oxygens (including phenoxy) is 1. The van der Waals surface area contributed by atoms with Gasteiger partial charge in [0.05, 0.1) is 29.5 Å². The first kappa shape index (κ1) is 15.1. The zero-order chi connectivity index (χ0) is 16.8. The average molecular weight is 321 g/mol. The Morgan fingerprint density at radius 3 is 2.00 bits per heavy atom. The van der Waals surface area contributed by atoms with E-state index in [-0.39, 0.29) is 16.9 Å². The van der Waals surface area contributed by atoms with Gasteiger partial charge in [0.15, 0.2) is 0 Å². The van der Waals surface area contributed by atoms with E-state index in [9.17, 15) is 22.8 Å². The van der Waals surface area contributed by atoms with E-state index < -0.39 is 29.2 Å². The minimum absolute atomic E-state index is 0.0160. The molecule has 23 heavy (non-hydrogen) atoms. The van der Waals surface area contributed by atoms with Crippen LogP contribution in [0.4, 0.5) is 18.9 Å². The summed E-state index contributed by atoms with van der Waals surface area (Å²) in [5.74, 6) is -1.57. The van der Waals surface area contributed by atoms with Crippen LogP contribution in [0.3, 0.4) is 0 Å². The Morgan fingerprint density at radius 1 is 0.957 bits per heavy atom. The number of nitrogens with zero attached hydrogens (tertiary/aromatic N) is 1. The normalized spacial score (nSPS) is 14.2. The molecule has 0 fully saturated rings. The topological polar surface area (TPSA) is 46.6 Å². The molecule has 0 aromatic heterocycles. The van der Waals surface area contributed by atoms with Gasteiger partial charge in [0.25, 0.3) is 11.8 Å². The lowest BCUT2D eigenvalue weighted by Gasteiger charge is -2.20. The zero-order valence-corrected chi connectivity index (χ0v) is 11.8. The summed E-state index contributed by atoms with van der Waals surface area (Å²) < 4.78 is 44.7. The fourth-order valence-corrected chi connectivity index (χ4v) is 2.47. The van der Waals surface area contributed by atoms with Crippen LogP contribution in [0.25, 0.3) is 0 Å². The van der Waals surface area contributed by atoms with Crippen molar-refractivity contribution in [2.75, 3.05) is 12.0 Å². The summed E-state index contributed by atoms with van der Waals surface area (Å²) in [6.07, 6.45) is -4.74. The van der Waals surface area contributed by atoms with E-state index in [0.29, 0.717) is 4.90 Å². The van der Waals surface area contributed by atoms with Gasteiger partial charge in [0.1, 0.15) is 5.75 Å². The number of amides is 2. The second-order valence-electron chi connectivity index (χ2n) is 4.87. The lowest BCUT2D eigenvalue weighted by atomic mass is 10.1. The first-order valence-corrected chi connectivity index (χ1v) is 6.57. The first-order chi connectivity index (χ1) is 10.8. The lowest BCUT2D eigenvalue weighted by molar-refractivity contribution is -0.137. The summed E-state index contributed by atoms with van der Waals surface area (Å²) in [7, 11) is 1.23. The van der Waals surface area contributed by atoms with E-state index in [1.165, 1.54) is 25.3 Å². The Bertz CT molecular complexity index is 779. The average Bonchev–Trinajstić information content (AvgIpc) is 2.78. The van der Waals surface area contributed by atoms with E-state index in [1.54, 1.807) is 12.1 Å². The van der Waals surface area contributed by atoms with Crippen molar-refractivity contribution in [2.45, 2.75) is 6.18 Å². The summed E-state index contributed by atoms with van der Waals surface area (Å²) in [5.41, 5.74) is -1.45. The van der Waals surface area contributed by atoms with E-state index in [2.05, 4.69) is 0 Å². The summed E-state index contributed by atoms with van der Waals surface area (Å²) in [6, 6.07) is 9.01. The van der Waals surface area contributed by atoms with Gasteiger partial charge in [-0.05, 0) is 30.3 Å². The molecule has 0 radical (unpaired) electrons. The number of rotatable bonds is 2. The van der Waals surface area contributed by atoms with Crippen LogP contribution in [0.1, 0.15) is 26.3 Å². The van der Waals surface area contributed by atoms with Crippen molar-refractivity contribution < 1.29 is 27.5 Å². The maximum atomic E-state index is 13.3. The van der Waals surface area contributed by atoms with Gasteiger partial charge in [-0.1, -0.05) is 12.1 Å². The van der Waals surface area contributed by atoms with Gasteiger partial charge in [-0.25, -0.2) is 4.90 Å². The van der Waals surface area contributed by atoms with Crippen molar-refractivity contribution in [1.82, 2.24) is 0 Å². The quantitative estimate of drug-likeness (QED) is 0.795. The molecule has 4 nitrogen and oxygen atoms in total. The number of methoxy groups -OCH3 is 1. The molecule has 0 bridgehead atoms. The first-order valence-electron chi connectivity index (χ1n) is 6.57. The summed E-state index contributed by atoms with van der Waals surface area (Å²) in [4.78, 5) is 25.2. The number of imide groups is 1. The molecule has 0 spiro atoms. The van der Waals surface area contributed by atoms with E-state index in [1.807, 2.05) is 0 Å². The summed E-state index contributed by atoms with van der Waals surface area (Å²) >= 11 is 0. The van der Waals surface area contributed by atoms with Gasteiger partial charge in [-0.3, -0.25) is 9.59 Å². The third kappa shape index (κ3) is 2.34. The highest BCUT2D eigenvalue weighted by molar-refractivity contribution is 6.34. The second kappa shape index (κ2) is 5.12. The molecule has 7 heteroatoms. The van der Waals surface area contributed by atoms with Crippen LogP contribution < -0.4 is 9.64 Å². The monoisotopic (exact) mass is 321 g/mol. The molecule has 0 N–H and O–H groups in total.